The molecule has 0 spiro atoms. The Morgan fingerprint density at radius 1 is 1.06 bits per heavy atom. The van der Waals surface area contributed by atoms with Gasteiger partial charge in [0.2, 0.25) is 0 Å². The summed E-state index contributed by atoms with van der Waals surface area (Å²) >= 11 is 0. The smallest absolute Gasteiger partial charge is 0.261 e. The minimum atomic E-state index is -0.297. The minimum Gasteiger partial charge on any atom is -0.393 e. The molecule has 0 amide bonds. The number of nitrogens with zero attached hydrogens (tertiary/aromatic N) is 2. The van der Waals surface area contributed by atoms with Crippen molar-refractivity contribution < 1.29 is 10.1 Å². The van der Waals surface area contributed by atoms with Gasteiger partial charge in [0, 0.05) is 17.5 Å². The standard InChI is InChI=1S/C28H31N3O2/c1-2-23(32)15-20-10-8-19(9-11-20)14-21-16-25-27(24-12-13-29-17-26(21)24)30-18-31(28(25)33)22-6-4-3-5-7-22/h8-13,16-18,22-23,32H,2-7,14-15H2,1H3/p+1. The van der Waals surface area contributed by atoms with Crippen molar-refractivity contribution in [1.82, 2.24) is 9.55 Å². The lowest BCUT2D eigenvalue weighted by molar-refractivity contribution is -0.375. The Balaban J connectivity index is 1.56. The van der Waals surface area contributed by atoms with E-state index in [0.717, 1.165) is 53.1 Å². The van der Waals surface area contributed by atoms with Crippen LogP contribution in [0.15, 0.2) is 59.9 Å². The molecule has 1 aliphatic carbocycles. The van der Waals surface area contributed by atoms with E-state index < -0.39 is 0 Å². The molecule has 5 heteroatoms. The fourth-order valence-corrected chi connectivity index (χ4v) is 5.18. The molecule has 2 heterocycles. The molecule has 4 aromatic rings. The van der Waals surface area contributed by atoms with Crippen LogP contribution in [0.5, 0.6) is 0 Å². The van der Waals surface area contributed by atoms with E-state index >= 15 is 0 Å². The molecule has 33 heavy (non-hydrogen) atoms. The Morgan fingerprint density at radius 2 is 1.82 bits per heavy atom. The molecule has 170 valence electrons. The largest absolute Gasteiger partial charge is 0.393 e. The van der Waals surface area contributed by atoms with Crippen molar-refractivity contribution in [2.24, 2.45) is 0 Å². The molecule has 1 atom stereocenters. The second kappa shape index (κ2) is 9.44. The number of nitrogens with one attached hydrogen (secondary N) is 1. The zero-order valence-corrected chi connectivity index (χ0v) is 19.3. The molecular formula is C28H32N3O2+. The lowest BCUT2D eigenvalue weighted by Crippen LogP contribution is -2.26. The summed E-state index contributed by atoms with van der Waals surface area (Å²) < 4.78 is 1.88. The number of fused-ring (bicyclic) bond motifs is 3. The van der Waals surface area contributed by atoms with Gasteiger partial charge in [0.25, 0.3) is 5.56 Å². The molecule has 2 N–H and O–H groups in total. The first kappa shape index (κ1) is 21.8. The van der Waals surface area contributed by atoms with Crippen molar-refractivity contribution in [2.45, 2.75) is 70.4 Å². The average Bonchev–Trinajstić information content (AvgIpc) is 2.86. The maximum Gasteiger partial charge on any atom is 0.261 e. The van der Waals surface area contributed by atoms with Crippen molar-refractivity contribution in [3.8, 4) is 0 Å². The number of aliphatic hydroxyl groups is 1. The van der Waals surface area contributed by atoms with E-state index in [1.54, 1.807) is 6.33 Å². The van der Waals surface area contributed by atoms with Crippen LogP contribution in [0.3, 0.4) is 0 Å². The van der Waals surface area contributed by atoms with Gasteiger partial charge < -0.3 is 5.11 Å². The van der Waals surface area contributed by atoms with Gasteiger partial charge in [-0.05, 0) is 54.9 Å². The second-order valence-electron chi connectivity index (χ2n) is 9.41. The van der Waals surface area contributed by atoms with Crippen molar-refractivity contribution in [2.75, 3.05) is 0 Å². The molecule has 5 nitrogen and oxygen atoms in total. The quantitative estimate of drug-likeness (QED) is 0.437. The van der Waals surface area contributed by atoms with Crippen LogP contribution in [0, 0.1) is 0 Å². The minimum absolute atomic E-state index is 0.0757. The van der Waals surface area contributed by atoms with Crippen LogP contribution in [0.2, 0.25) is 0 Å². The number of hydrogen-bond acceptors (Lipinski definition) is 3. The molecule has 1 fully saturated rings. The summed E-state index contributed by atoms with van der Waals surface area (Å²) in [5.74, 6) is 0. The summed E-state index contributed by atoms with van der Waals surface area (Å²) in [5, 5.41) is 12.8. The van der Waals surface area contributed by atoms with Gasteiger partial charge in [0.1, 0.15) is 0 Å². The first-order valence-corrected chi connectivity index (χ1v) is 12.2. The SMILES string of the molecule is CCC(O)Cc1ccc(Cc2cc3c(=O)n(C4CCCCC4)cnc3c3cc[nH+]cc23)cc1. The zero-order valence-electron chi connectivity index (χ0n) is 19.3. The topological polar surface area (TPSA) is 69.3 Å². The van der Waals surface area contributed by atoms with Gasteiger partial charge >= 0.3 is 0 Å². The van der Waals surface area contributed by atoms with E-state index in [-0.39, 0.29) is 17.7 Å². The first-order valence-electron chi connectivity index (χ1n) is 12.2. The van der Waals surface area contributed by atoms with Gasteiger partial charge in [-0.2, -0.15) is 0 Å². The van der Waals surface area contributed by atoms with Gasteiger partial charge in [0.05, 0.1) is 28.7 Å². The highest BCUT2D eigenvalue weighted by molar-refractivity contribution is 6.05. The highest BCUT2D eigenvalue weighted by Crippen LogP contribution is 2.29. The molecule has 1 saturated carbocycles. The Morgan fingerprint density at radius 3 is 2.58 bits per heavy atom. The van der Waals surface area contributed by atoms with Gasteiger partial charge in [0.15, 0.2) is 12.4 Å². The molecule has 0 aliphatic heterocycles. The highest BCUT2D eigenvalue weighted by atomic mass is 16.3. The summed E-state index contributed by atoms with van der Waals surface area (Å²) in [6, 6.07) is 12.8. The number of pyridine rings is 1. The van der Waals surface area contributed by atoms with E-state index in [0.29, 0.717) is 11.8 Å². The van der Waals surface area contributed by atoms with Crippen LogP contribution < -0.4 is 10.5 Å². The van der Waals surface area contributed by atoms with Gasteiger partial charge in [-0.25, -0.2) is 9.97 Å². The van der Waals surface area contributed by atoms with Gasteiger partial charge in [-0.15, -0.1) is 0 Å². The van der Waals surface area contributed by atoms with Crippen LogP contribution in [0.1, 0.15) is 68.2 Å². The van der Waals surface area contributed by atoms with Crippen molar-refractivity contribution in [3.63, 3.8) is 0 Å². The van der Waals surface area contributed by atoms with Gasteiger partial charge in [-0.1, -0.05) is 50.5 Å². The van der Waals surface area contributed by atoms with E-state index in [9.17, 15) is 9.90 Å². The van der Waals surface area contributed by atoms with Crippen LogP contribution in [0.4, 0.5) is 0 Å². The number of H-pyrrole nitrogens is 1. The van der Waals surface area contributed by atoms with E-state index in [1.807, 2.05) is 30.0 Å². The van der Waals surface area contributed by atoms with Crippen LogP contribution >= 0.6 is 0 Å². The number of benzene rings is 2. The first-order chi connectivity index (χ1) is 16.1. The molecule has 2 aromatic heterocycles. The summed E-state index contributed by atoms with van der Waals surface area (Å²) in [4.78, 5) is 21.5. The lowest BCUT2D eigenvalue weighted by Gasteiger charge is -2.23. The highest BCUT2D eigenvalue weighted by Gasteiger charge is 2.19. The van der Waals surface area contributed by atoms with Crippen LogP contribution in [-0.2, 0) is 12.8 Å². The lowest BCUT2D eigenvalue weighted by atomic mass is 9.94. The average molecular weight is 443 g/mol. The fourth-order valence-electron chi connectivity index (χ4n) is 5.18. The third-order valence-corrected chi connectivity index (χ3v) is 7.14. The number of aliphatic hydroxyl groups excluding tert-OH is 1. The normalized spacial score (nSPS) is 15.8. The Bertz CT molecular complexity index is 1320. The second-order valence-corrected chi connectivity index (χ2v) is 9.41. The maximum atomic E-state index is 13.5. The summed E-state index contributed by atoms with van der Waals surface area (Å²) in [5.41, 5.74) is 4.31. The van der Waals surface area contributed by atoms with Crippen LogP contribution in [0.25, 0.3) is 21.7 Å². The summed E-state index contributed by atoms with van der Waals surface area (Å²) in [6.07, 6.45) is 13.3. The molecule has 0 radical (unpaired) electrons. The Labute approximate surface area is 194 Å². The number of hydrogen-bond donors (Lipinski definition) is 1. The molecular weight excluding hydrogens is 410 g/mol. The van der Waals surface area contributed by atoms with Crippen molar-refractivity contribution >= 4 is 21.7 Å². The molecule has 0 bridgehead atoms. The van der Waals surface area contributed by atoms with E-state index in [1.165, 1.54) is 24.8 Å². The number of aromatic nitrogens is 3. The fraction of sp³-hybridized carbons (Fsp3) is 0.393. The zero-order chi connectivity index (χ0) is 22.8. The molecule has 1 unspecified atom stereocenters. The number of aromatic amines is 1. The predicted molar refractivity (Wildman–Crippen MR) is 131 cm³/mol. The van der Waals surface area contributed by atoms with Gasteiger partial charge in [-0.3, -0.25) is 9.36 Å². The maximum absolute atomic E-state index is 13.5. The third kappa shape index (κ3) is 4.42. The third-order valence-electron chi connectivity index (χ3n) is 7.14. The van der Waals surface area contributed by atoms with Crippen molar-refractivity contribution in [1.29, 1.82) is 0 Å². The monoisotopic (exact) mass is 442 g/mol. The van der Waals surface area contributed by atoms with Crippen molar-refractivity contribution in [3.05, 3.63) is 82.2 Å². The molecule has 5 rings (SSSR count). The molecule has 2 aromatic carbocycles. The predicted octanol–water partition coefficient (Wildman–Crippen LogP) is 4.77. The van der Waals surface area contributed by atoms with E-state index in [4.69, 9.17) is 4.98 Å². The Hall–Kier alpha value is -3.05. The summed E-state index contributed by atoms with van der Waals surface area (Å²) in [7, 11) is 0. The number of rotatable bonds is 6. The molecule has 1 aliphatic rings. The van der Waals surface area contributed by atoms with Crippen LogP contribution in [-0.4, -0.2) is 20.8 Å². The Kier molecular flexibility index (Phi) is 6.23. The summed E-state index contributed by atoms with van der Waals surface area (Å²) in [6.45, 7) is 2.00. The van der Waals surface area contributed by atoms with E-state index in [2.05, 4.69) is 35.3 Å². The molecule has 0 saturated heterocycles.